The summed E-state index contributed by atoms with van der Waals surface area (Å²) in [5, 5.41) is 12.0. The highest BCUT2D eigenvalue weighted by Crippen LogP contribution is 2.20. The average molecular weight is 364 g/mol. The number of likely N-dealkylation sites (tertiary alicyclic amines) is 1. The molecule has 0 bridgehead atoms. The summed E-state index contributed by atoms with van der Waals surface area (Å²) in [5.41, 5.74) is 0.138. The first-order valence-corrected chi connectivity index (χ1v) is 8.35. The van der Waals surface area contributed by atoms with E-state index in [4.69, 9.17) is 9.47 Å². The second-order valence-corrected chi connectivity index (χ2v) is 7.13. The van der Waals surface area contributed by atoms with Gasteiger partial charge in [-0.05, 0) is 26.3 Å². The predicted octanol–water partition coefficient (Wildman–Crippen LogP) is 2.38. The van der Waals surface area contributed by atoms with E-state index in [1.54, 1.807) is 32.9 Å². The zero-order valence-corrected chi connectivity index (χ0v) is 15.1. The minimum absolute atomic E-state index is 0.0455. The first-order chi connectivity index (χ1) is 12.2. The lowest BCUT2D eigenvalue weighted by atomic mass is 10.2. The van der Waals surface area contributed by atoms with Gasteiger partial charge in [0.05, 0.1) is 6.04 Å². The van der Waals surface area contributed by atoms with Crippen LogP contribution < -0.4 is 5.32 Å². The third-order valence-electron chi connectivity index (χ3n) is 3.75. The Hall–Kier alpha value is -2.77. The molecule has 2 rings (SSSR count). The van der Waals surface area contributed by atoms with Gasteiger partial charge in [-0.2, -0.15) is 0 Å². The van der Waals surface area contributed by atoms with E-state index < -0.39 is 35.8 Å². The van der Waals surface area contributed by atoms with Gasteiger partial charge in [0.25, 0.3) is 0 Å². The van der Waals surface area contributed by atoms with Crippen molar-refractivity contribution in [3.63, 3.8) is 0 Å². The highest BCUT2D eigenvalue weighted by Gasteiger charge is 2.41. The maximum Gasteiger partial charge on any atom is 0.410 e. The van der Waals surface area contributed by atoms with Crippen LogP contribution in [0.15, 0.2) is 30.3 Å². The largest absolute Gasteiger partial charge is 0.480 e. The minimum atomic E-state index is -1.14. The number of ether oxygens (including phenoxy) is 2. The van der Waals surface area contributed by atoms with Crippen LogP contribution in [0.25, 0.3) is 0 Å². The van der Waals surface area contributed by atoms with Gasteiger partial charge in [0.15, 0.2) is 0 Å². The number of aliphatic carboxylic acids is 1. The molecule has 0 aliphatic carbocycles. The van der Waals surface area contributed by atoms with Gasteiger partial charge in [0, 0.05) is 13.0 Å². The molecule has 8 heteroatoms. The molecule has 0 radical (unpaired) electrons. The molecule has 2 N–H and O–H groups in total. The fraction of sp³-hybridized carbons (Fsp3) is 0.500. The van der Waals surface area contributed by atoms with Crippen LogP contribution in [0.4, 0.5) is 9.59 Å². The van der Waals surface area contributed by atoms with Gasteiger partial charge in [-0.1, -0.05) is 30.3 Å². The molecule has 0 unspecified atom stereocenters. The molecule has 0 spiro atoms. The number of carboxylic acids is 1. The maximum atomic E-state index is 12.3. The summed E-state index contributed by atoms with van der Waals surface area (Å²) >= 11 is 0. The lowest BCUT2D eigenvalue weighted by molar-refractivity contribution is -0.141. The third-order valence-corrected chi connectivity index (χ3v) is 3.75. The number of hydrogen-bond acceptors (Lipinski definition) is 5. The van der Waals surface area contributed by atoms with Crippen molar-refractivity contribution in [2.45, 2.75) is 51.5 Å². The SMILES string of the molecule is CC(C)(C)OC(=O)N[C@H]1C[C@H](C(=O)O)N(C(=O)OCc2ccccc2)C1. The first kappa shape index (κ1) is 19.6. The summed E-state index contributed by atoms with van der Waals surface area (Å²) in [4.78, 5) is 36.7. The molecule has 1 heterocycles. The van der Waals surface area contributed by atoms with Crippen LogP contribution in [0, 0.1) is 0 Å². The lowest BCUT2D eigenvalue weighted by Crippen LogP contribution is -2.42. The van der Waals surface area contributed by atoms with Gasteiger partial charge in [-0.15, -0.1) is 0 Å². The molecule has 0 saturated carbocycles. The summed E-state index contributed by atoms with van der Waals surface area (Å²) in [6.45, 7) is 5.29. The predicted molar refractivity (Wildman–Crippen MR) is 92.5 cm³/mol. The fourth-order valence-corrected chi connectivity index (χ4v) is 2.65. The van der Waals surface area contributed by atoms with Crippen molar-refractivity contribution in [3.8, 4) is 0 Å². The van der Waals surface area contributed by atoms with Gasteiger partial charge in [0.1, 0.15) is 18.2 Å². The van der Waals surface area contributed by atoms with Crippen LogP contribution in [0.5, 0.6) is 0 Å². The molecule has 1 aliphatic heterocycles. The molecule has 26 heavy (non-hydrogen) atoms. The zero-order chi connectivity index (χ0) is 19.3. The van der Waals surface area contributed by atoms with Crippen LogP contribution in [0.2, 0.25) is 0 Å². The molecule has 0 aromatic heterocycles. The Morgan fingerprint density at radius 2 is 1.88 bits per heavy atom. The Balaban J connectivity index is 1.94. The van der Waals surface area contributed by atoms with E-state index in [0.29, 0.717) is 0 Å². The lowest BCUT2D eigenvalue weighted by Gasteiger charge is -2.22. The third kappa shape index (κ3) is 5.65. The molecule has 142 valence electrons. The van der Waals surface area contributed by atoms with Crippen molar-refractivity contribution < 1.29 is 29.0 Å². The summed E-state index contributed by atoms with van der Waals surface area (Å²) in [6, 6.07) is 7.52. The monoisotopic (exact) mass is 364 g/mol. The number of nitrogens with one attached hydrogen (secondary N) is 1. The molecule has 8 nitrogen and oxygen atoms in total. The average Bonchev–Trinajstić information content (AvgIpc) is 2.95. The first-order valence-electron chi connectivity index (χ1n) is 8.35. The number of carbonyl (C=O) groups excluding carboxylic acids is 2. The van der Waals surface area contributed by atoms with E-state index in [9.17, 15) is 19.5 Å². The van der Waals surface area contributed by atoms with Crippen LogP contribution >= 0.6 is 0 Å². The molecular formula is C18H24N2O6. The molecule has 2 atom stereocenters. The molecular weight excluding hydrogens is 340 g/mol. The summed E-state index contributed by atoms with van der Waals surface area (Å²) in [6.07, 6.45) is -1.28. The van der Waals surface area contributed by atoms with Crippen molar-refractivity contribution in [2.75, 3.05) is 6.54 Å². The van der Waals surface area contributed by atoms with Gasteiger partial charge in [0.2, 0.25) is 0 Å². The second-order valence-electron chi connectivity index (χ2n) is 7.13. The Labute approximate surface area is 152 Å². The van der Waals surface area contributed by atoms with Gasteiger partial charge < -0.3 is 19.9 Å². The van der Waals surface area contributed by atoms with Crippen molar-refractivity contribution in [2.24, 2.45) is 0 Å². The molecule has 2 amide bonds. The van der Waals surface area contributed by atoms with Gasteiger partial charge >= 0.3 is 18.2 Å². The number of amides is 2. The Morgan fingerprint density at radius 3 is 2.46 bits per heavy atom. The second kappa shape index (κ2) is 8.07. The molecule has 1 fully saturated rings. The van der Waals surface area contributed by atoms with Crippen molar-refractivity contribution in [1.82, 2.24) is 10.2 Å². The zero-order valence-electron chi connectivity index (χ0n) is 15.1. The Kier molecular flexibility index (Phi) is 6.07. The molecule has 1 aliphatic rings. The molecule has 1 saturated heterocycles. The van der Waals surface area contributed by atoms with Crippen LogP contribution in [0.1, 0.15) is 32.8 Å². The number of carbonyl (C=O) groups is 3. The van der Waals surface area contributed by atoms with E-state index in [1.165, 1.54) is 0 Å². The van der Waals surface area contributed by atoms with E-state index in [1.807, 2.05) is 18.2 Å². The maximum absolute atomic E-state index is 12.3. The smallest absolute Gasteiger partial charge is 0.410 e. The van der Waals surface area contributed by atoms with Crippen molar-refractivity contribution in [1.29, 1.82) is 0 Å². The summed E-state index contributed by atoms with van der Waals surface area (Å²) in [7, 11) is 0. The quantitative estimate of drug-likeness (QED) is 0.850. The van der Waals surface area contributed by atoms with E-state index >= 15 is 0 Å². The van der Waals surface area contributed by atoms with Crippen LogP contribution in [0.3, 0.4) is 0 Å². The molecule has 1 aromatic rings. The van der Waals surface area contributed by atoms with Crippen LogP contribution in [-0.2, 0) is 20.9 Å². The number of carboxylic acid groups (broad SMARTS) is 1. The highest BCUT2D eigenvalue weighted by molar-refractivity contribution is 5.81. The van der Waals surface area contributed by atoms with E-state index in [0.717, 1.165) is 10.5 Å². The minimum Gasteiger partial charge on any atom is -0.480 e. The number of hydrogen-bond donors (Lipinski definition) is 2. The fourth-order valence-electron chi connectivity index (χ4n) is 2.65. The Bertz CT molecular complexity index is 655. The standard InChI is InChI=1S/C18H24N2O6/c1-18(2,3)26-16(23)19-13-9-14(15(21)22)20(10-13)17(24)25-11-12-7-5-4-6-8-12/h4-8,13-14H,9-11H2,1-3H3,(H,19,23)(H,21,22)/t13-,14+/m0/s1. The normalized spacial score (nSPS) is 19.7. The van der Waals surface area contributed by atoms with Gasteiger partial charge in [-0.3, -0.25) is 4.90 Å². The summed E-state index contributed by atoms with van der Waals surface area (Å²) < 4.78 is 10.4. The Morgan fingerprint density at radius 1 is 1.23 bits per heavy atom. The molecule has 1 aromatic carbocycles. The van der Waals surface area contributed by atoms with Crippen molar-refractivity contribution in [3.05, 3.63) is 35.9 Å². The van der Waals surface area contributed by atoms with E-state index in [-0.39, 0.29) is 19.6 Å². The van der Waals surface area contributed by atoms with Crippen molar-refractivity contribution >= 4 is 18.2 Å². The van der Waals surface area contributed by atoms with E-state index in [2.05, 4.69) is 5.32 Å². The topological polar surface area (TPSA) is 105 Å². The number of nitrogens with zero attached hydrogens (tertiary/aromatic N) is 1. The number of alkyl carbamates (subject to hydrolysis) is 1. The summed E-state index contributed by atoms with van der Waals surface area (Å²) in [5.74, 6) is -1.14. The van der Waals surface area contributed by atoms with Gasteiger partial charge in [-0.25, -0.2) is 14.4 Å². The van der Waals surface area contributed by atoms with Crippen LogP contribution in [-0.4, -0.2) is 52.4 Å². The number of rotatable bonds is 4. The highest BCUT2D eigenvalue weighted by atomic mass is 16.6. The number of benzene rings is 1.